The van der Waals surface area contributed by atoms with Crippen molar-refractivity contribution in [2.75, 3.05) is 5.01 Å². The first-order valence-corrected chi connectivity index (χ1v) is 11.1. The number of anilines is 1. The normalized spacial score (nSPS) is 16.7. The Morgan fingerprint density at radius 1 is 1.17 bits per heavy atom. The van der Waals surface area contributed by atoms with Gasteiger partial charge in [-0.25, -0.2) is 13.6 Å². The summed E-state index contributed by atoms with van der Waals surface area (Å²) in [5.74, 6) is 0.169. The van der Waals surface area contributed by atoms with Crippen molar-refractivity contribution >= 4 is 21.4 Å². The van der Waals surface area contributed by atoms with Gasteiger partial charge in [0.05, 0.1) is 28.0 Å². The molecule has 4 rings (SSSR count). The summed E-state index contributed by atoms with van der Waals surface area (Å²) < 4.78 is 25.1. The topological polar surface area (TPSA) is 114 Å². The second kappa shape index (κ2) is 7.58. The molecule has 0 radical (unpaired) electrons. The van der Waals surface area contributed by atoms with Crippen molar-refractivity contribution < 1.29 is 13.5 Å². The largest absolute Gasteiger partial charge is 0.507 e. The molecule has 2 heterocycles. The lowest BCUT2D eigenvalue weighted by atomic mass is 9.98. The van der Waals surface area contributed by atoms with E-state index in [0.717, 1.165) is 29.2 Å². The molecule has 1 aliphatic rings. The Hall–Kier alpha value is -3.17. The van der Waals surface area contributed by atoms with Crippen molar-refractivity contribution in [1.82, 2.24) is 9.78 Å². The molecule has 0 fully saturated rings. The Morgan fingerprint density at radius 3 is 2.47 bits per heavy atom. The van der Waals surface area contributed by atoms with Crippen LogP contribution in [0.5, 0.6) is 5.75 Å². The van der Waals surface area contributed by atoms with Crippen molar-refractivity contribution in [2.24, 2.45) is 10.2 Å². The number of hydrogen-bond acceptors (Lipinski definition) is 6. The van der Waals surface area contributed by atoms with Crippen molar-refractivity contribution in [3.8, 4) is 5.75 Å². The van der Waals surface area contributed by atoms with Crippen LogP contribution in [0.25, 0.3) is 0 Å². The van der Waals surface area contributed by atoms with Gasteiger partial charge in [0.25, 0.3) is 0 Å². The third kappa shape index (κ3) is 3.69. The fraction of sp³-hybridized carbons (Fsp3) is 0.238. The third-order valence-electron chi connectivity index (χ3n) is 5.22. The number of nitrogens with two attached hydrogens (primary N) is 1. The molecule has 0 spiro atoms. The summed E-state index contributed by atoms with van der Waals surface area (Å²) in [7, 11) is -3.78. The average molecular weight is 426 g/mol. The number of nitrogens with zero attached hydrogens (tertiary/aromatic N) is 4. The Labute approximate surface area is 175 Å². The van der Waals surface area contributed by atoms with Crippen LogP contribution in [-0.2, 0) is 16.6 Å². The maximum absolute atomic E-state index is 11.6. The molecular formula is C21H23N5O3S. The van der Waals surface area contributed by atoms with E-state index in [1.807, 2.05) is 41.9 Å². The number of aromatic hydroxyl groups is 1. The maximum atomic E-state index is 11.6. The van der Waals surface area contributed by atoms with Crippen LogP contribution in [0.4, 0.5) is 5.69 Å². The maximum Gasteiger partial charge on any atom is 0.238 e. The van der Waals surface area contributed by atoms with Crippen molar-refractivity contribution in [3.63, 3.8) is 0 Å². The molecule has 0 aliphatic carbocycles. The molecule has 0 amide bonds. The van der Waals surface area contributed by atoms with Gasteiger partial charge in [0.15, 0.2) is 0 Å². The summed E-state index contributed by atoms with van der Waals surface area (Å²) in [6.07, 6.45) is 2.58. The highest BCUT2D eigenvalue weighted by atomic mass is 32.2. The van der Waals surface area contributed by atoms with Gasteiger partial charge in [-0.1, -0.05) is 12.1 Å². The molecule has 3 aromatic rings. The number of primary sulfonamides is 1. The Morgan fingerprint density at radius 2 is 1.87 bits per heavy atom. The third-order valence-corrected chi connectivity index (χ3v) is 6.15. The number of hydrazone groups is 1. The fourth-order valence-electron chi connectivity index (χ4n) is 3.68. The fourth-order valence-corrected chi connectivity index (χ4v) is 4.20. The molecule has 1 aromatic heterocycles. The van der Waals surface area contributed by atoms with E-state index < -0.39 is 10.0 Å². The van der Waals surface area contributed by atoms with Crippen LogP contribution >= 0.6 is 0 Å². The van der Waals surface area contributed by atoms with E-state index in [1.165, 1.54) is 12.1 Å². The first-order chi connectivity index (χ1) is 14.3. The molecule has 8 nitrogen and oxygen atoms in total. The van der Waals surface area contributed by atoms with E-state index in [2.05, 4.69) is 5.10 Å². The van der Waals surface area contributed by atoms with Gasteiger partial charge in [-0.2, -0.15) is 10.2 Å². The van der Waals surface area contributed by atoms with Gasteiger partial charge in [-0.15, -0.1) is 0 Å². The molecule has 9 heteroatoms. The number of phenolic OH excluding ortho intramolecular Hbond substituents is 1. The lowest BCUT2D eigenvalue weighted by Crippen LogP contribution is -2.19. The first kappa shape index (κ1) is 20.1. The Balaban J connectivity index is 1.79. The van der Waals surface area contributed by atoms with E-state index in [1.54, 1.807) is 24.3 Å². The van der Waals surface area contributed by atoms with E-state index in [-0.39, 0.29) is 16.7 Å². The molecule has 1 atom stereocenters. The standard InChI is InChI=1S/C21H23N5O3S/c1-3-25-13-18(14(2)23-25)20-12-19(17-6-4-5-7-21(17)27)24-26(20)15-8-10-16(11-9-15)30(22,28)29/h4-11,13,20,27H,3,12H2,1-2H3,(H2,22,28,29)/t20-/m1/s1. The molecule has 30 heavy (non-hydrogen) atoms. The van der Waals surface area contributed by atoms with Crippen LogP contribution in [0.3, 0.4) is 0 Å². The van der Waals surface area contributed by atoms with Gasteiger partial charge in [-0.3, -0.25) is 9.69 Å². The molecule has 3 N–H and O–H groups in total. The minimum atomic E-state index is -3.78. The zero-order chi connectivity index (χ0) is 21.5. The summed E-state index contributed by atoms with van der Waals surface area (Å²) >= 11 is 0. The van der Waals surface area contributed by atoms with Crippen LogP contribution in [0.1, 0.15) is 36.2 Å². The predicted octanol–water partition coefficient (Wildman–Crippen LogP) is 2.92. The summed E-state index contributed by atoms with van der Waals surface area (Å²) in [6, 6.07) is 13.3. The highest BCUT2D eigenvalue weighted by molar-refractivity contribution is 7.89. The number of phenols is 1. The quantitative estimate of drug-likeness (QED) is 0.652. The van der Waals surface area contributed by atoms with Crippen LogP contribution in [0.2, 0.25) is 0 Å². The number of rotatable bonds is 5. The van der Waals surface area contributed by atoms with Gasteiger partial charge in [0.2, 0.25) is 10.0 Å². The number of benzene rings is 2. The number of para-hydroxylation sites is 1. The van der Waals surface area contributed by atoms with E-state index >= 15 is 0 Å². The number of hydrogen-bond donors (Lipinski definition) is 2. The summed E-state index contributed by atoms with van der Waals surface area (Å²) in [4.78, 5) is 0.0434. The molecule has 1 aliphatic heterocycles. The summed E-state index contributed by atoms with van der Waals surface area (Å²) in [5.41, 5.74) is 4.08. The second-order valence-corrected chi connectivity index (χ2v) is 8.75. The van der Waals surface area contributed by atoms with Gasteiger partial charge in [0, 0.05) is 30.3 Å². The lowest BCUT2D eigenvalue weighted by molar-refractivity contribution is 0.474. The van der Waals surface area contributed by atoms with E-state index in [0.29, 0.717) is 12.0 Å². The van der Waals surface area contributed by atoms with Crippen LogP contribution in [-0.4, -0.2) is 29.0 Å². The molecule has 0 bridgehead atoms. The lowest BCUT2D eigenvalue weighted by Gasteiger charge is -2.23. The number of sulfonamides is 1. The minimum Gasteiger partial charge on any atom is -0.507 e. The van der Waals surface area contributed by atoms with Gasteiger partial charge in [0.1, 0.15) is 5.75 Å². The Kier molecular flexibility index (Phi) is 5.08. The smallest absolute Gasteiger partial charge is 0.238 e. The molecule has 2 aromatic carbocycles. The monoisotopic (exact) mass is 425 g/mol. The van der Waals surface area contributed by atoms with Crippen LogP contribution in [0, 0.1) is 6.92 Å². The van der Waals surface area contributed by atoms with Crippen LogP contribution < -0.4 is 10.1 Å². The van der Waals surface area contributed by atoms with Crippen LogP contribution in [0.15, 0.2) is 64.7 Å². The molecule has 0 saturated carbocycles. The average Bonchev–Trinajstić information content (AvgIpc) is 3.31. The van der Waals surface area contributed by atoms with Crippen molar-refractivity contribution in [2.45, 2.75) is 37.8 Å². The minimum absolute atomic E-state index is 0.0434. The van der Waals surface area contributed by atoms with Gasteiger partial charge < -0.3 is 5.11 Å². The zero-order valence-electron chi connectivity index (χ0n) is 16.7. The summed E-state index contributed by atoms with van der Waals surface area (Å²) in [5, 5.41) is 26.7. The highest BCUT2D eigenvalue weighted by Gasteiger charge is 2.33. The Bertz CT molecular complexity index is 1220. The second-order valence-electron chi connectivity index (χ2n) is 7.19. The van der Waals surface area contributed by atoms with Crippen molar-refractivity contribution in [3.05, 3.63) is 71.5 Å². The molecule has 0 unspecified atom stereocenters. The number of aromatic nitrogens is 2. The summed E-state index contributed by atoms with van der Waals surface area (Å²) in [6.45, 7) is 4.74. The molecular weight excluding hydrogens is 402 g/mol. The van der Waals surface area contributed by atoms with Crippen molar-refractivity contribution in [1.29, 1.82) is 0 Å². The van der Waals surface area contributed by atoms with Gasteiger partial charge in [-0.05, 0) is 50.2 Å². The van der Waals surface area contributed by atoms with Gasteiger partial charge >= 0.3 is 0 Å². The SMILES string of the molecule is CCn1cc([C@H]2CC(c3ccccc3O)=NN2c2ccc(S(N)(=O)=O)cc2)c(C)n1. The molecule has 0 saturated heterocycles. The highest BCUT2D eigenvalue weighted by Crippen LogP contribution is 2.39. The molecule has 156 valence electrons. The zero-order valence-corrected chi connectivity index (χ0v) is 17.5. The number of aryl methyl sites for hydroxylation is 2. The predicted molar refractivity (Wildman–Crippen MR) is 115 cm³/mol. The first-order valence-electron chi connectivity index (χ1n) is 9.60. The van der Waals surface area contributed by atoms with E-state index in [4.69, 9.17) is 10.2 Å². The van der Waals surface area contributed by atoms with E-state index in [9.17, 15) is 13.5 Å².